The zero-order chi connectivity index (χ0) is 13.4. The highest BCUT2D eigenvalue weighted by atomic mass is 35.5. The lowest BCUT2D eigenvalue weighted by Gasteiger charge is -2.10. The molecule has 0 saturated heterocycles. The summed E-state index contributed by atoms with van der Waals surface area (Å²) in [7, 11) is 0. The number of rotatable bonds is 1. The predicted molar refractivity (Wildman–Crippen MR) is 79.5 cm³/mol. The van der Waals surface area contributed by atoms with Gasteiger partial charge in [-0.05, 0) is 37.1 Å². The van der Waals surface area contributed by atoms with Crippen LogP contribution in [0.15, 0.2) is 42.7 Å². The fraction of sp³-hybridized carbons (Fsp3) is 0.125. The molecule has 0 aliphatic rings. The number of aryl methyl sites for hydroxylation is 2. The van der Waals surface area contributed by atoms with Gasteiger partial charge in [0.05, 0.1) is 11.0 Å². The van der Waals surface area contributed by atoms with Crippen molar-refractivity contribution in [3.8, 4) is 11.1 Å². The van der Waals surface area contributed by atoms with Gasteiger partial charge < -0.3 is 0 Å². The molecule has 0 saturated carbocycles. The standard InChI is InChI=1S/C16H13ClN2/c1-10-3-4-11(2)13(7-10)14-8-12(17)9-15-16(14)19-6-5-18-15/h3-9H,1-2H3. The first-order valence-corrected chi connectivity index (χ1v) is 6.51. The van der Waals surface area contributed by atoms with Gasteiger partial charge in [0.1, 0.15) is 0 Å². The molecule has 2 aromatic carbocycles. The van der Waals surface area contributed by atoms with E-state index in [0.29, 0.717) is 5.02 Å². The Hall–Kier alpha value is -1.93. The van der Waals surface area contributed by atoms with Gasteiger partial charge in [-0.3, -0.25) is 9.97 Å². The summed E-state index contributed by atoms with van der Waals surface area (Å²) in [6.07, 6.45) is 3.40. The van der Waals surface area contributed by atoms with Crippen molar-refractivity contribution < 1.29 is 0 Å². The van der Waals surface area contributed by atoms with Gasteiger partial charge in [-0.1, -0.05) is 35.4 Å². The monoisotopic (exact) mass is 268 g/mol. The zero-order valence-corrected chi connectivity index (χ0v) is 11.6. The molecule has 0 unspecified atom stereocenters. The molecule has 0 radical (unpaired) electrons. The van der Waals surface area contributed by atoms with Crippen molar-refractivity contribution >= 4 is 22.6 Å². The first kappa shape index (κ1) is 12.1. The predicted octanol–water partition coefficient (Wildman–Crippen LogP) is 4.57. The zero-order valence-electron chi connectivity index (χ0n) is 10.8. The molecule has 1 heterocycles. The summed E-state index contributed by atoms with van der Waals surface area (Å²) >= 11 is 6.20. The third-order valence-electron chi connectivity index (χ3n) is 3.22. The molecule has 94 valence electrons. The second-order valence-electron chi connectivity index (χ2n) is 4.70. The minimum Gasteiger partial charge on any atom is -0.253 e. The maximum atomic E-state index is 6.20. The highest BCUT2D eigenvalue weighted by Gasteiger charge is 2.10. The second kappa shape index (κ2) is 4.63. The Morgan fingerprint density at radius 3 is 2.53 bits per heavy atom. The molecule has 3 aromatic rings. The number of aromatic nitrogens is 2. The van der Waals surface area contributed by atoms with Gasteiger partial charge in [-0.2, -0.15) is 0 Å². The molecule has 0 fully saturated rings. The van der Waals surface area contributed by atoms with Crippen molar-refractivity contribution in [2.45, 2.75) is 13.8 Å². The largest absolute Gasteiger partial charge is 0.253 e. The summed E-state index contributed by atoms with van der Waals surface area (Å²) in [6, 6.07) is 10.2. The van der Waals surface area contributed by atoms with E-state index >= 15 is 0 Å². The Balaban J connectivity index is 2.38. The van der Waals surface area contributed by atoms with Gasteiger partial charge in [0.25, 0.3) is 0 Å². The summed E-state index contributed by atoms with van der Waals surface area (Å²) in [5.74, 6) is 0. The summed E-state index contributed by atoms with van der Waals surface area (Å²) in [4.78, 5) is 8.78. The lowest BCUT2D eigenvalue weighted by Crippen LogP contribution is -1.90. The van der Waals surface area contributed by atoms with E-state index in [1.54, 1.807) is 12.4 Å². The Morgan fingerprint density at radius 2 is 1.68 bits per heavy atom. The number of hydrogen-bond acceptors (Lipinski definition) is 2. The van der Waals surface area contributed by atoms with Gasteiger partial charge in [0.15, 0.2) is 0 Å². The van der Waals surface area contributed by atoms with Crippen molar-refractivity contribution in [3.63, 3.8) is 0 Å². The van der Waals surface area contributed by atoms with Crippen LogP contribution in [0.5, 0.6) is 0 Å². The van der Waals surface area contributed by atoms with E-state index in [1.165, 1.54) is 11.1 Å². The van der Waals surface area contributed by atoms with E-state index in [1.807, 2.05) is 12.1 Å². The van der Waals surface area contributed by atoms with E-state index in [-0.39, 0.29) is 0 Å². The first-order valence-electron chi connectivity index (χ1n) is 6.13. The molecule has 0 bridgehead atoms. The molecule has 3 rings (SSSR count). The van der Waals surface area contributed by atoms with Crippen LogP contribution in [-0.4, -0.2) is 9.97 Å². The highest BCUT2D eigenvalue weighted by molar-refractivity contribution is 6.31. The topological polar surface area (TPSA) is 25.8 Å². The van der Waals surface area contributed by atoms with Crippen LogP contribution >= 0.6 is 11.6 Å². The van der Waals surface area contributed by atoms with E-state index in [9.17, 15) is 0 Å². The molecule has 0 amide bonds. The van der Waals surface area contributed by atoms with Crippen molar-refractivity contribution in [3.05, 3.63) is 58.9 Å². The molecule has 0 aliphatic carbocycles. The van der Waals surface area contributed by atoms with E-state index in [0.717, 1.165) is 22.2 Å². The van der Waals surface area contributed by atoms with Crippen LogP contribution in [0.1, 0.15) is 11.1 Å². The lowest BCUT2D eigenvalue weighted by atomic mass is 9.97. The van der Waals surface area contributed by atoms with Crippen LogP contribution in [0.25, 0.3) is 22.2 Å². The summed E-state index contributed by atoms with van der Waals surface area (Å²) < 4.78 is 0. The highest BCUT2D eigenvalue weighted by Crippen LogP contribution is 2.32. The summed E-state index contributed by atoms with van der Waals surface area (Å²) in [6.45, 7) is 4.18. The summed E-state index contributed by atoms with van der Waals surface area (Å²) in [5, 5.41) is 0.684. The van der Waals surface area contributed by atoms with E-state index in [2.05, 4.69) is 42.0 Å². The number of hydrogen-bond donors (Lipinski definition) is 0. The third-order valence-corrected chi connectivity index (χ3v) is 3.44. The first-order chi connectivity index (χ1) is 9.15. The molecule has 19 heavy (non-hydrogen) atoms. The Labute approximate surface area is 117 Å². The summed E-state index contributed by atoms with van der Waals surface area (Å²) in [5.41, 5.74) is 6.34. The molecule has 0 N–H and O–H groups in total. The average Bonchev–Trinajstić information content (AvgIpc) is 2.40. The van der Waals surface area contributed by atoms with Crippen LogP contribution < -0.4 is 0 Å². The molecular weight excluding hydrogens is 256 g/mol. The Morgan fingerprint density at radius 1 is 0.895 bits per heavy atom. The SMILES string of the molecule is Cc1ccc(C)c(-c2cc(Cl)cc3nccnc23)c1. The van der Waals surface area contributed by atoms with Crippen LogP contribution in [-0.2, 0) is 0 Å². The van der Waals surface area contributed by atoms with Crippen molar-refractivity contribution in [1.29, 1.82) is 0 Å². The molecule has 2 nitrogen and oxygen atoms in total. The minimum atomic E-state index is 0.684. The van der Waals surface area contributed by atoms with Crippen LogP contribution in [0.3, 0.4) is 0 Å². The van der Waals surface area contributed by atoms with Gasteiger partial charge in [-0.15, -0.1) is 0 Å². The maximum absolute atomic E-state index is 6.20. The number of halogens is 1. The third kappa shape index (κ3) is 2.20. The van der Waals surface area contributed by atoms with Crippen molar-refractivity contribution in [2.75, 3.05) is 0 Å². The average molecular weight is 269 g/mol. The second-order valence-corrected chi connectivity index (χ2v) is 5.13. The van der Waals surface area contributed by atoms with E-state index in [4.69, 9.17) is 11.6 Å². The Bertz CT molecular complexity index is 766. The number of fused-ring (bicyclic) bond motifs is 1. The van der Waals surface area contributed by atoms with Gasteiger partial charge in [0.2, 0.25) is 0 Å². The van der Waals surface area contributed by atoms with Crippen molar-refractivity contribution in [1.82, 2.24) is 9.97 Å². The number of benzene rings is 2. The van der Waals surface area contributed by atoms with Gasteiger partial charge in [-0.25, -0.2) is 0 Å². The lowest BCUT2D eigenvalue weighted by molar-refractivity contribution is 1.29. The molecule has 3 heteroatoms. The van der Waals surface area contributed by atoms with Crippen LogP contribution in [0.2, 0.25) is 5.02 Å². The van der Waals surface area contributed by atoms with Gasteiger partial charge >= 0.3 is 0 Å². The molecule has 0 aliphatic heterocycles. The molecular formula is C16H13ClN2. The molecule has 0 atom stereocenters. The van der Waals surface area contributed by atoms with Crippen molar-refractivity contribution in [2.24, 2.45) is 0 Å². The van der Waals surface area contributed by atoms with Crippen LogP contribution in [0.4, 0.5) is 0 Å². The normalized spacial score (nSPS) is 10.9. The maximum Gasteiger partial charge on any atom is 0.0966 e. The van der Waals surface area contributed by atoms with E-state index < -0.39 is 0 Å². The fourth-order valence-electron chi connectivity index (χ4n) is 2.27. The number of nitrogens with zero attached hydrogens (tertiary/aromatic N) is 2. The van der Waals surface area contributed by atoms with Gasteiger partial charge in [0, 0.05) is 23.0 Å². The minimum absolute atomic E-state index is 0.684. The smallest absolute Gasteiger partial charge is 0.0966 e. The fourth-order valence-corrected chi connectivity index (χ4v) is 2.48. The molecule has 0 spiro atoms. The quantitative estimate of drug-likeness (QED) is 0.646. The Kier molecular flexibility index (Phi) is 2.96. The molecule has 1 aromatic heterocycles. The van der Waals surface area contributed by atoms with Crippen LogP contribution in [0, 0.1) is 13.8 Å².